The molecule has 1 heterocycles. The van der Waals surface area contributed by atoms with Crippen molar-refractivity contribution in [2.24, 2.45) is 0 Å². The quantitative estimate of drug-likeness (QED) is 0.643. The number of carboxylic acid groups (broad SMARTS) is 1. The van der Waals surface area contributed by atoms with Gasteiger partial charge in [-0.15, -0.1) is 11.8 Å². The summed E-state index contributed by atoms with van der Waals surface area (Å²) in [5.74, 6) is 0.804. The van der Waals surface area contributed by atoms with E-state index in [9.17, 15) is 4.79 Å². The van der Waals surface area contributed by atoms with Gasteiger partial charge in [0.05, 0.1) is 0 Å². The first-order valence-corrected chi connectivity index (χ1v) is 7.36. The second-order valence-electron chi connectivity index (χ2n) is 3.43. The molecule has 3 nitrogen and oxygen atoms in total. The van der Waals surface area contributed by atoms with Crippen molar-refractivity contribution in [1.29, 1.82) is 0 Å². The summed E-state index contributed by atoms with van der Waals surface area (Å²) < 4.78 is 5.15. The van der Waals surface area contributed by atoms with Gasteiger partial charge in [0.2, 0.25) is 5.76 Å². The van der Waals surface area contributed by atoms with E-state index < -0.39 is 5.97 Å². The van der Waals surface area contributed by atoms with Gasteiger partial charge in [0, 0.05) is 16.4 Å². The van der Waals surface area contributed by atoms with Gasteiger partial charge in [-0.2, -0.15) is 0 Å². The highest BCUT2D eigenvalue weighted by atomic mass is 32.2. The molecule has 0 bridgehead atoms. The number of carboxylic acids is 1. The van der Waals surface area contributed by atoms with Crippen LogP contribution in [0, 0.1) is 0 Å². The number of aromatic carboxylic acids is 1. The SMILES string of the molecule is O=C(O)c1ccc(SCCSc2ccccc2)o1. The van der Waals surface area contributed by atoms with Crippen LogP contribution in [0.15, 0.2) is 56.9 Å². The highest BCUT2D eigenvalue weighted by Gasteiger charge is 2.08. The van der Waals surface area contributed by atoms with Crippen molar-refractivity contribution in [2.75, 3.05) is 11.5 Å². The maximum atomic E-state index is 10.6. The molecule has 18 heavy (non-hydrogen) atoms. The maximum absolute atomic E-state index is 10.6. The van der Waals surface area contributed by atoms with E-state index in [4.69, 9.17) is 9.52 Å². The fourth-order valence-corrected chi connectivity index (χ4v) is 3.10. The van der Waals surface area contributed by atoms with E-state index in [-0.39, 0.29) is 5.76 Å². The van der Waals surface area contributed by atoms with Crippen LogP contribution in [0.1, 0.15) is 10.6 Å². The zero-order chi connectivity index (χ0) is 12.8. The summed E-state index contributed by atoms with van der Waals surface area (Å²) in [7, 11) is 0. The van der Waals surface area contributed by atoms with Crippen molar-refractivity contribution in [3.05, 3.63) is 48.2 Å². The molecule has 1 N–H and O–H groups in total. The number of hydrogen-bond acceptors (Lipinski definition) is 4. The van der Waals surface area contributed by atoms with E-state index in [1.165, 1.54) is 22.7 Å². The molecule has 1 aromatic heterocycles. The van der Waals surface area contributed by atoms with E-state index in [1.807, 2.05) is 18.2 Å². The normalized spacial score (nSPS) is 10.4. The molecule has 0 unspecified atom stereocenters. The summed E-state index contributed by atoms with van der Waals surface area (Å²) in [5, 5.41) is 9.37. The Balaban J connectivity index is 1.73. The number of hydrogen-bond donors (Lipinski definition) is 1. The molecule has 0 saturated carbocycles. The van der Waals surface area contributed by atoms with Crippen molar-refractivity contribution in [3.8, 4) is 0 Å². The molecule has 0 aliphatic heterocycles. The predicted molar refractivity (Wildman–Crippen MR) is 73.6 cm³/mol. The van der Waals surface area contributed by atoms with Crippen LogP contribution in [-0.4, -0.2) is 22.6 Å². The van der Waals surface area contributed by atoms with Gasteiger partial charge < -0.3 is 9.52 Å². The van der Waals surface area contributed by atoms with Crippen molar-refractivity contribution in [3.63, 3.8) is 0 Å². The Labute approximate surface area is 114 Å². The molecule has 0 atom stereocenters. The summed E-state index contributed by atoms with van der Waals surface area (Å²) in [5.41, 5.74) is 0. The molecule has 0 spiro atoms. The van der Waals surface area contributed by atoms with Crippen LogP contribution in [-0.2, 0) is 0 Å². The second kappa shape index (κ2) is 6.56. The average molecular weight is 280 g/mol. The lowest BCUT2D eigenvalue weighted by molar-refractivity contribution is 0.0656. The minimum Gasteiger partial charge on any atom is -0.475 e. The van der Waals surface area contributed by atoms with Crippen LogP contribution < -0.4 is 0 Å². The number of thioether (sulfide) groups is 2. The number of furan rings is 1. The van der Waals surface area contributed by atoms with E-state index >= 15 is 0 Å². The number of rotatable bonds is 6. The van der Waals surface area contributed by atoms with Gasteiger partial charge in [-0.3, -0.25) is 0 Å². The lowest BCUT2D eigenvalue weighted by atomic mass is 10.4. The zero-order valence-corrected chi connectivity index (χ0v) is 11.2. The Hall–Kier alpha value is -1.33. The second-order valence-corrected chi connectivity index (χ2v) is 5.70. The van der Waals surface area contributed by atoms with Crippen molar-refractivity contribution >= 4 is 29.5 Å². The lowest BCUT2D eigenvalue weighted by Gasteiger charge is -1.99. The van der Waals surface area contributed by atoms with Crippen LogP contribution in [0.2, 0.25) is 0 Å². The van der Waals surface area contributed by atoms with Crippen LogP contribution in [0.25, 0.3) is 0 Å². The van der Waals surface area contributed by atoms with E-state index in [2.05, 4.69) is 12.1 Å². The third-order valence-electron chi connectivity index (χ3n) is 2.13. The lowest BCUT2D eigenvalue weighted by Crippen LogP contribution is -1.91. The highest BCUT2D eigenvalue weighted by Crippen LogP contribution is 2.24. The van der Waals surface area contributed by atoms with Crippen LogP contribution in [0.3, 0.4) is 0 Å². The van der Waals surface area contributed by atoms with Gasteiger partial charge in [-0.1, -0.05) is 30.0 Å². The first kappa shape index (κ1) is 13.1. The summed E-state index contributed by atoms with van der Waals surface area (Å²) >= 11 is 3.30. The maximum Gasteiger partial charge on any atom is 0.371 e. The Morgan fingerprint density at radius 2 is 1.78 bits per heavy atom. The Kier molecular flexibility index (Phi) is 4.78. The minimum atomic E-state index is -1.03. The fourth-order valence-electron chi connectivity index (χ4n) is 1.33. The molecule has 0 saturated heterocycles. The molecular weight excluding hydrogens is 268 g/mol. The Morgan fingerprint density at radius 1 is 1.06 bits per heavy atom. The highest BCUT2D eigenvalue weighted by molar-refractivity contribution is 8.02. The molecule has 1 aromatic carbocycles. The van der Waals surface area contributed by atoms with E-state index in [0.717, 1.165) is 11.5 Å². The molecule has 0 aliphatic carbocycles. The van der Waals surface area contributed by atoms with Crippen molar-refractivity contribution in [1.82, 2.24) is 0 Å². The summed E-state index contributed by atoms with van der Waals surface area (Å²) in [6.45, 7) is 0. The van der Waals surface area contributed by atoms with E-state index in [1.54, 1.807) is 17.8 Å². The first-order valence-electron chi connectivity index (χ1n) is 5.39. The molecule has 2 aromatic rings. The largest absolute Gasteiger partial charge is 0.475 e. The smallest absolute Gasteiger partial charge is 0.371 e. The van der Waals surface area contributed by atoms with Crippen LogP contribution in [0.5, 0.6) is 0 Å². The molecular formula is C13H12O3S2. The molecule has 0 amide bonds. The monoisotopic (exact) mass is 280 g/mol. The molecule has 2 rings (SSSR count). The average Bonchev–Trinajstić information content (AvgIpc) is 2.85. The van der Waals surface area contributed by atoms with Gasteiger partial charge in [0.1, 0.15) is 0 Å². The van der Waals surface area contributed by atoms with Crippen molar-refractivity contribution < 1.29 is 14.3 Å². The Morgan fingerprint density at radius 3 is 2.44 bits per heavy atom. The topological polar surface area (TPSA) is 50.4 Å². The third-order valence-corrected chi connectivity index (χ3v) is 4.32. The van der Waals surface area contributed by atoms with Crippen LogP contribution in [0.4, 0.5) is 0 Å². The van der Waals surface area contributed by atoms with Gasteiger partial charge in [0.25, 0.3) is 0 Å². The van der Waals surface area contributed by atoms with Crippen LogP contribution >= 0.6 is 23.5 Å². The number of benzene rings is 1. The molecule has 0 fully saturated rings. The van der Waals surface area contributed by atoms with Gasteiger partial charge in [-0.25, -0.2) is 4.79 Å². The predicted octanol–water partition coefficient (Wildman–Crippen LogP) is 3.86. The van der Waals surface area contributed by atoms with Gasteiger partial charge in [-0.05, 0) is 24.3 Å². The standard InChI is InChI=1S/C13H12O3S2/c14-13(15)11-6-7-12(16-11)18-9-8-17-10-4-2-1-3-5-10/h1-7H,8-9H2,(H,14,15). The molecule has 94 valence electrons. The third kappa shape index (κ3) is 3.85. The van der Waals surface area contributed by atoms with Gasteiger partial charge >= 0.3 is 5.97 Å². The van der Waals surface area contributed by atoms with Crippen molar-refractivity contribution in [2.45, 2.75) is 9.99 Å². The van der Waals surface area contributed by atoms with E-state index in [0.29, 0.717) is 5.09 Å². The molecule has 0 aliphatic rings. The number of carbonyl (C=O) groups is 1. The summed E-state index contributed by atoms with van der Waals surface area (Å²) in [6.07, 6.45) is 0. The van der Waals surface area contributed by atoms with Gasteiger partial charge in [0.15, 0.2) is 5.09 Å². The molecule has 0 radical (unpaired) electrons. The Bertz CT molecular complexity index is 508. The zero-order valence-electron chi connectivity index (χ0n) is 9.54. The summed E-state index contributed by atoms with van der Waals surface area (Å²) in [4.78, 5) is 11.9. The molecule has 5 heteroatoms. The fraction of sp³-hybridized carbons (Fsp3) is 0.154. The first-order chi connectivity index (χ1) is 8.75. The minimum absolute atomic E-state index is 0.00628. The summed E-state index contributed by atoms with van der Waals surface area (Å²) in [6, 6.07) is 13.4.